The molecule has 88 valence electrons. The maximum atomic E-state index is 3.55. The molecule has 3 heteroatoms. The van der Waals surface area contributed by atoms with Crippen LogP contribution in [-0.4, -0.2) is 33.6 Å². The zero-order valence-electron chi connectivity index (χ0n) is 10.8. The number of nitrogens with one attached hydrogen (secondary N) is 1. The molecule has 0 aromatic rings. The number of piperazine rings is 1. The Labute approximate surface area is 105 Å². The van der Waals surface area contributed by atoms with Crippen molar-refractivity contribution in [2.24, 2.45) is 5.41 Å². The predicted octanol–water partition coefficient (Wildman–Crippen LogP) is 1.78. The van der Waals surface area contributed by atoms with Gasteiger partial charge in [0, 0.05) is 0 Å². The van der Waals surface area contributed by atoms with Crippen molar-refractivity contribution in [2.45, 2.75) is 53.1 Å². The van der Waals surface area contributed by atoms with E-state index in [1.54, 1.807) is 19.4 Å². The van der Waals surface area contributed by atoms with Gasteiger partial charge in [0.25, 0.3) is 0 Å². The predicted molar refractivity (Wildman–Crippen MR) is 62.7 cm³/mol. The normalized spacial score (nSPS) is 25.7. The quantitative estimate of drug-likeness (QED) is 0.690. The Morgan fingerprint density at radius 3 is 2.07 bits per heavy atom. The number of hydrogen-bond donors (Lipinski definition) is 1. The topological polar surface area (TPSA) is 15.3 Å². The van der Waals surface area contributed by atoms with Crippen LogP contribution in [0.3, 0.4) is 0 Å². The summed E-state index contributed by atoms with van der Waals surface area (Å²) in [5.41, 5.74) is 0.582. The van der Waals surface area contributed by atoms with Gasteiger partial charge in [0.2, 0.25) is 0 Å². The van der Waals surface area contributed by atoms with Gasteiger partial charge in [-0.2, -0.15) is 0 Å². The first kappa shape index (κ1) is 13.5. The average molecular weight is 380 g/mol. The van der Waals surface area contributed by atoms with Crippen molar-refractivity contribution in [3.05, 3.63) is 0 Å². The van der Waals surface area contributed by atoms with Crippen LogP contribution >= 0.6 is 0 Å². The summed E-state index contributed by atoms with van der Waals surface area (Å²) >= 11 is 1.58. The van der Waals surface area contributed by atoms with Crippen molar-refractivity contribution >= 4 is 4.02 Å². The Hall–Kier alpha value is 0.478. The van der Waals surface area contributed by atoms with Gasteiger partial charge in [0.15, 0.2) is 0 Å². The molecule has 0 saturated carbocycles. The second-order valence-corrected chi connectivity index (χ2v) is 8.00. The number of hydrogen-bond acceptors (Lipinski definition) is 2. The molecule has 1 fully saturated rings. The average Bonchev–Trinajstić information content (AvgIpc) is 1.99. The standard InChI is InChI=1S/C12H24N2.W/c1-11(2,3)10-9-13-7-8-14(10)12(4,5)6;/h10,13H,7-8H2,1-6H3;. The Bertz CT molecular complexity index is 247. The third-order valence-electron chi connectivity index (χ3n) is 2.89. The first-order valence-corrected chi connectivity index (χ1v) is 7.15. The van der Waals surface area contributed by atoms with E-state index in [9.17, 15) is 0 Å². The molecule has 1 N–H and O–H groups in total. The first-order valence-electron chi connectivity index (χ1n) is 5.68. The van der Waals surface area contributed by atoms with Crippen molar-refractivity contribution in [2.75, 3.05) is 13.1 Å². The third kappa shape index (κ3) is 3.22. The summed E-state index contributed by atoms with van der Waals surface area (Å²) in [6.07, 6.45) is 0. The summed E-state index contributed by atoms with van der Waals surface area (Å²) in [5.74, 6) is 0. The molecule has 1 saturated heterocycles. The number of nitrogens with zero attached hydrogens (tertiary/aromatic N) is 1. The molecule has 0 aromatic heterocycles. The third-order valence-corrected chi connectivity index (χ3v) is 4.21. The summed E-state index contributed by atoms with van der Waals surface area (Å²) in [6, 6.07) is 0.571. The molecule has 1 aliphatic heterocycles. The van der Waals surface area contributed by atoms with Gasteiger partial charge in [-0.15, -0.1) is 0 Å². The first-order chi connectivity index (χ1) is 6.64. The van der Waals surface area contributed by atoms with Gasteiger partial charge < -0.3 is 0 Å². The van der Waals surface area contributed by atoms with Crippen LogP contribution in [0, 0.1) is 5.41 Å². The fraction of sp³-hybridized carbons (Fsp3) is 0.917. The second kappa shape index (κ2) is 4.39. The molecule has 1 unspecified atom stereocenters. The Balaban J connectivity index is 2.98. The van der Waals surface area contributed by atoms with Gasteiger partial charge >= 0.3 is 105 Å². The van der Waals surface area contributed by atoms with Crippen LogP contribution in [0.5, 0.6) is 0 Å². The van der Waals surface area contributed by atoms with Gasteiger partial charge in [-0.05, 0) is 0 Å². The van der Waals surface area contributed by atoms with Crippen molar-refractivity contribution in [1.82, 2.24) is 10.2 Å². The fourth-order valence-electron chi connectivity index (χ4n) is 2.25. The molecule has 1 aliphatic rings. The molecule has 2 nitrogen and oxygen atoms in total. The van der Waals surface area contributed by atoms with Crippen LogP contribution < -0.4 is 5.32 Å². The summed E-state index contributed by atoms with van der Waals surface area (Å²) in [6.45, 7) is 16.2. The minimum absolute atomic E-state index is 0.265. The van der Waals surface area contributed by atoms with Gasteiger partial charge in [0.05, 0.1) is 0 Å². The van der Waals surface area contributed by atoms with Crippen molar-refractivity contribution in [3.63, 3.8) is 0 Å². The van der Waals surface area contributed by atoms with Crippen LogP contribution in [-0.2, 0) is 19.4 Å². The molecule has 0 aromatic carbocycles. The zero-order valence-corrected chi connectivity index (χ0v) is 13.8. The van der Waals surface area contributed by atoms with Crippen molar-refractivity contribution in [1.29, 1.82) is 0 Å². The van der Waals surface area contributed by atoms with Crippen LogP contribution in [0.4, 0.5) is 0 Å². The van der Waals surface area contributed by atoms with E-state index in [1.807, 2.05) is 0 Å². The summed E-state index contributed by atoms with van der Waals surface area (Å²) in [5, 5.41) is 3.55. The molecular formula is C12H24N2W. The Morgan fingerprint density at radius 2 is 1.73 bits per heavy atom. The molecule has 0 radical (unpaired) electrons. The van der Waals surface area contributed by atoms with Gasteiger partial charge in [-0.1, -0.05) is 0 Å². The van der Waals surface area contributed by atoms with Crippen LogP contribution in [0.15, 0.2) is 0 Å². The van der Waals surface area contributed by atoms with Crippen LogP contribution in [0.25, 0.3) is 0 Å². The fourth-order valence-corrected chi connectivity index (χ4v) is 4.34. The molecule has 0 bridgehead atoms. The molecular weight excluding hydrogens is 356 g/mol. The van der Waals surface area contributed by atoms with Gasteiger partial charge in [-0.25, -0.2) is 0 Å². The number of rotatable bonds is 0. The molecule has 1 heterocycles. The molecule has 1 atom stereocenters. The molecule has 15 heavy (non-hydrogen) atoms. The van der Waals surface area contributed by atoms with E-state index in [0.29, 0.717) is 11.5 Å². The minimum atomic E-state index is 0.265. The molecule has 0 spiro atoms. The van der Waals surface area contributed by atoms with E-state index < -0.39 is 0 Å². The summed E-state index contributed by atoms with van der Waals surface area (Å²) in [7, 11) is 0. The van der Waals surface area contributed by atoms with Crippen molar-refractivity contribution < 1.29 is 19.4 Å². The Morgan fingerprint density at radius 1 is 1.20 bits per heavy atom. The van der Waals surface area contributed by atoms with E-state index in [-0.39, 0.29) is 5.54 Å². The molecule has 0 aliphatic carbocycles. The summed E-state index contributed by atoms with van der Waals surface area (Å²) in [4.78, 5) is 2.64. The zero-order chi connectivity index (χ0) is 11.9. The van der Waals surface area contributed by atoms with E-state index >= 15 is 0 Å². The second-order valence-electron chi connectivity index (χ2n) is 6.42. The SMILES string of the molecule is CC(C)(C)C1[C](=[W])NCCN1C(C)(C)C. The van der Waals surface area contributed by atoms with Gasteiger partial charge in [-0.3, -0.25) is 0 Å². The van der Waals surface area contributed by atoms with E-state index in [2.05, 4.69) is 51.8 Å². The van der Waals surface area contributed by atoms with E-state index in [0.717, 1.165) is 13.1 Å². The van der Waals surface area contributed by atoms with Crippen LogP contribution in [0.1, 0.15) is 41.5 Å². The van der Waals surface area contributed by atoms with Crippen LogP contribution in [0.2, 0.25) is 0 Å². The molecule has 0 amide bonds. The van der Waals surface area contributed by atoms with E-state index in [4.69, 9.17) is 0 Å². The van der Waals surface area contributed by atoms with Gasteiger partial charge in [0.1, 0.15) is 0 Å². The monoisotopic (exact) mass is 380 g/mol. The maximum absolute atomic E-state index is 3.55. The van der Waals surface area contributed by atoms with Crippen molar-refractivity contribution in [3.8, 4) is 0 Å². The molecule has 1 rings (SSSR count). The van der Waals surface area contributed by atoms with E-state index in [1.165, 1.54) is 4.02 Å². The summed E-state index contributed by atoms with van der Waals surface area (Å²) < 4.78 is 1.50. The Kier molecular flexibility index (Phi) is 3.96.